The number of carbonyl (C=O) groups excluding carboxylic acids is 3. The van der Waals surface area contributed by atoms with Gasteiger partial charge in [-0.15, -0.1) is 0 Å². The lowest BCUT2D eigenvalue weighted by Gasteiger charge is -2.22. The number of rotatable bonds is 7. The Morgan fingerprint density at radius 2 is 1.87 bits per heavy atom. The molecule has 30 heavy (non-hydrogen) atoms. The van der Waals surface area contributed by atoms with E-state index in [1.54, 1.807) is 32.0 Å². The molecule has 158 valence electrons. The van der Waals surface area contributed by atoms with E-state index in [0.717, 1.165) is 10.5 Å². The van der Waals surface area contributed by atoms with Crippen LogP contribution in [0.4, 0.5) is 4.79 Å². The van der Waals surface area contributed by atoms with Crippen molar-refractivity contribution in [2.24, 2.45) is 0 Å². The van der Waals surface area contributed by atoms with E-state index in [1.165, 1.54) is 0 Å². The third-order valence-electron chi connectivity index (χ3n) is 5.21. The van der Waals surface area contributed by atoms with Gasteiger partial charge in [0.15, 0.2) is 0 Å². The summed E-state index contributed by atoms with van der Waals surface area (Å²) in [6.45, 7) is 3.09. The summed E-state index contributed by atoms with van der Waals surface area (Å²) in [6.07, 6.45) is 1.08. The van der Waals surface area contributed by atoms with Crippen LogP contribution in [0.3, 0.4) is 0 Å². The standard InChI is InChI=1S/C22H23Cl2N3O3/c1-14(17-9-8-16(23)12-18(17)24)25-19(28)13-27-20(29)22(2,26-21(27)30)11-10-15-6-4-3-5-7-15/h3-9,12,14H,10-11,13H2,1-2H3,(H,25,28)(H,26,30). The van der Waals surface area contributed by atoms with Crippen LogP contribution < -0.4 is 10.6 Å². The molecular formula is C22H23Cl2N3O3. The van der Waals surface area contributed by atoms with Crippen LogP contribution in [-0.2, 0) is 16.0 Å². The average Bonchev–Trinajstić information content (AvgIpc) is 2.90. The number of amides is 4. The van der Waals surface area contributed by atoms with Gasteiger partial charge in [-0.1, -0.05) is 59.6 Å². The summed E-state index contributed by atoms with van der Waals surface area (Å²) in [6, 6.07) is 13.7. The largest absolute Gasteiger partial charge is 0.348 e. The van der Waals surface area contributed by atoms with Crippen LogP contribution in [0.1, 0.15) is 37.4 Å². The highest BCUT2D eigenvalue weighted by atomic mass is 35.5. The summed E-state index contributed by atoms with van der Waals surface area (Å²) < 4.78 is 0. The number of urea groups is 1. The normalized spacial score (nSPS) is 19.5. The van der Waals surface area contributed by atoms with Gasteiger partial charge >= 0.3 is 6.03 Å². The van der Waals surface area contributed by atoms with Gasteiger partial charge in [0.25, 0.3) is 5.91 Å². The van der Waals surface area contributed by atoms with Gasteiger partial charge in [-0.25, -0.2) is 4.79 Å². The van der Waals surface area contributed by atoms with Crippen LogP contribution in [0.2, 0.25) is 10.0 Å². The van der Waals surface area contributed by atoms with E-state index in [4.69, 9.17) is 23.2 Å². The zero-order valence-electron chi connectivity index (χ0n) is 16.7. The molecule has 4 amide bonds. The van der Waals surface area contributed by atoms with E-state index in [2.05, 4.69) is 10.6 Å². The van der Waals surface area contributed by atoms with Gasteiger partial charge in [-0.3, -0.25) is 14.5 Å². The van der Waals surface area contributed by atoms with Crippen LogP contribution in [0, 0.1) is 0 Å². The molecule has 0 saturated carbocycles. The fourth-order valence-corrected chi connectivity index (χ4v) is 4.03. The molecule has 2 aromatic rings. The topological polar surface area (TPSA) is 78.5 Å². The Hall–Kier alpha value is -2.57. The minimum absolute atomic E-state index is 0.360. The molecule has 2 unspecified atom stereocenters. The molecular weight excluding hydrogens is 425 g/mol. The molecule has 1 saturated heterocycles. The second-order valence-electron chi connectivity index (χ2n) is 7.59. The second kappa shape index (κ2) is 9.06. The highest BCUT2D eigenvalue weighted by molar-refractivity contribution is 6.35. The maximum Gasteiger partial charge on any atom is 0.325 e. The van der Waals surface area contributed by atoms with E-state index in [-0.39, 0.29) is 6.54 Å². The molecule has 1 heterocycles. The quantitative estimate of drug-likeness (QED) is 0.626. The van der Waals surface area contributed by atoms with E-state index < -0.39 is 29.4 Å². The van der Waals surface area contributed by atoms with Crippen molar-refractivity contribution in [2.45, 2.75) is 38.3 Å². The first-order valence-electron chi connectivity index (χ1n) is 9.62. The zero-order chi connectivity index (χ0) is 21.9. The van der Waals surface area contributed by atoms with Crippen molar-refractivity contribution >= 4 is 41.0 Å². The number of carbonyl (C=O) groups is 3. The Morgan fingerprint density at radius 3 is 2.53 bits per heavy atom. The molecule has 3 rings (SSSR count). The summed E-state index contributed by atoms with van der Waals surface area (Å²) >= 11 is 12.1. The van der Waals surface area contributed by atoms with Crippen molar-refractivity contribution in [3.63, 3.8) is 0 Å². The fourth-order valence-electron chi connectivity index (χ4n) is 3.46. The van der Waals surface area contributed by atoms with E-state index in [0.29, 0.717) is 28.5 Å². The predicted octanol–water partition coefficient (Wildman–Crippen LogP) is 4.11. The van der Waals surface area contributed by atoms with Gasteiger partial charge in [0, 0.05) is 10.0 Å². The lowest BCUT2D eigenvalue weighted by molar-refractivity contribution is -0.134. The summed E-state index contributed by atoms with van der Waals surface area (Å²) in [5.74, 6) is -0.861. The van der Waals surface area contributed by atoms with Crippen molar-refractivity contribution in [1.82, 2.24) is 15.5 Å². The van der Waals surface area contributed by atoms with Gasteiger partial charge in [0.05, 0.1) is 6.04 Å². The number of benzene rings is 2. The molecule has 0 aromatic heterocycles. The summed E-state index contributed by atoms with van der Waals surface area (Å²) in [5, 5.41) is 6.42. The second-order valence-corrected chi connectivity index (χ2v) is 8.44. The van der Waals surface area contributed by atoms with Gasteiger partial charge < -0.3 is 10.6 Å². The lowest BCUT2D eigenvalue weighted by atomic mass is 9.93. The van der Waals surface area contributed by atoms with Gasteiger partial charge in [0.2, 0.25) is 5.91 Å². The number of nitrogens with zero attached hydrogens (tertiary/aromatic N) is 1. The molecule has 8 heteroatoms. The Balaban J connectivity index is 1.61. The number of imide groups is 1. The molecule has 0 spiro atoms. The molecule has 2 atom stereocenters. The van der Waals surface area contributed by atoms with Crippen molar-refractivity contribution in [1.29, 1.82) is 0 Å². The highest BCUT2D eigenvalue weighted by Gasteiger charge is 2.47. The number of hydrogen-bond donors (Lipinski definition) is 2. The van der Waals surface area contributed by atoms with Gasteiger partial charge in [-0.2, -0.15) is 0 Å². The molecule has 6 nitrogen and oxygen atoms in total. The van der Waals surface area contributed by atoms with Crippen LogP contribution >= 0.6 is 23.2 Å². The Morgan fingerprint density at radius 1 is 1.17 bits per heavy atom. The molecule has 1 aliphatic rings. The molecule has 2 aromatic carbocycles. The van der Waals surface area contributed by atoms with Crippen LogP contribution in [0.25, 0.3) is 0 Å². The minimum Gasteiger partial charge on any atom is -0.348 e. The Bertz CT molecular complexity index is 967. The van der Waals surface area contributed by atoms with E-state index >= 15 is 0 Å². The number of hydrogen-bond acceptors (Lipinski definition) is 3. The first kappa shape index (κ1) is 22.1. The van der Waals surface area contributed by atoms with E-state index in [1.807, 2.05) is 30.3 Å². The van der Waals surface area contributed by atoms with Crippen molar-refractivity contribution in [2.75, 3.05) is 6.54 Å². The lowest BCUT2D eigenvalue weighted by Crippen LogP contribution is -2.45. The Labute approximate surface area is 185 Å². The first-order chi connectivity index (χ1) is 14.2. The molecule has 1 aliphatic heterocycles. The molecule has 0 aliphatic carbocycles. The maximum absolute atomic E-state index is 12.9. The van der Waals surface area contributed by atoms with Gasteiger partial charge in [0.1, 0.15) is 12.1 Å². The SMILES string of the molecule is CC(NC(=O)CN1C(=O)NC(C)(CCc2ccccc2)C1=O)c1ccc(Cl)cc1Cl. The van der Waals surface area contributed by atoms with E-state index in [9.17, 15) is 14.4 Å². The van der Waals surface area contributed by atoms with Crippen LogP contribution in [0.15, 0.2) is 48.5 Å². The zero-order valence-corrected chi connectivity index (χ0v) is 18.3. The molecule has 0 radical (unpaired) electrons. The molecule has 0 bridgehead atoms. The minimum atomic E-state index is -1.04. The average molecular weight is 448 g/mol. The number of aryl methyl sites for hydroxylation is 1. The molecule has 1 fully saturated rings. The number of nitrogens with one attached hydrogen (secondary N) is 2. The Kier molecular flexibility index (Phi) is 6.68. The summed E-state index contributed by atoms with van der Waals surface area (Å²) in [4.78, 5) is 38.7. The maximum atomic E-state index is 12.9. The smallest absolute Gasteiger partial charge is 0.325 e. The van der Waals surface area contributed by atoms with Crippen LogP contribution in [0.5, 0.6) is 0 Å². The third-order valence-corrected chi connectivity index (χ3v) is 5.77. The first-order valence-corrected chi connectivity index (χ1v) is 10.4. The third kappa shape index (κ3) is 4.94. The number of halogens is 2. The fraction of sp³-hybridized carbons (Fsp3) is 0.318. The molecule has 2 N–H and O–H groups in total. The van der Waals surface area contributed by atoms with Crippen molar-refractivity contribution < 1.29 is 14.4 Å². The van der Waals surface area contributed by atoms with Crippen LogP contribution in [-0.4, -0.2) is 34.8 Å². The summed E-state index contributed by atoms with van der Waals surface area (Å²) in [7, 11) is 0. The summed E-state index contributed by atoms with van der Waals surface area (Å²) in [5.41, 5.74) is 0.725. The van der Waals surface area contributed by atoms with Gasteiger partial charge in [-0.05, 0) is 49.9 Å². The monoisotopic (exact) mass is 447 g/mol. The predicted molar refractivity (Wildman–Crippen MR) is 116 cm³/mol. The van der Waals surface area contributed by atoms with Crippen molar-refractivity contribution in [3.05, 3.63) is 69.7 Å². The van der Waals surface area contributed by atoms with Crippen molar-refractivity contribution in [3.8, 4) is 0 Å². The highest BCUT2D eigenvalue weighted by Crippen LogP contribution is 2.26.